The van der Waals surface area contributed by atoms with Gasteiger partial charge in [-0.15, -0.1) is 0 Å². The van der Waals surface area contributed by atoms with E-state index in [-0.39, 0.29) is 5.75 Å². The van der Waals surface area contributed by atoms with Crippen molar-refractivity contribution >= 4 is 11.0 Å². The van der Waals surface area contributed by atoms with Crippen LogP contribution in [-0.2, 0) is 13.5 Å². The molecule has 0 saturated heterocycles. The molecule has 0 amide bonds. The van der Waals surface area contributed by atoms with Gasteiger partial charge in [0.25, 0.3) is 0 Å². The normalized spacial score (nSPS) is 10.8. The molecule has 0 aliphatic rings. The van der Waals surface area contributed by atoms with E-state index in [0.717, 1.165) is 29.0 Å². The Kier molecular flexibility index (Phi) is 3.29. The molecule has 0 aliphatic heterocycles. The monoisotopic (exact) mass is 268 g/mol. The van der Waals surface area contributed by atoms with Crippen LogP contribution in [0.1, 0.15) is 5.82 Å². The molecule has 4 heteroatoms. The molecular formula is C16H16N2O2. The van der Waals surface area contributed by atoms with Gasteiger partial charge < -0.3 is 14.4 Å². The van der Waals surface area contributed by atoms with Crippen LogP contribution in [0.15, 0.2) is 48.5 Å². The molecule has 4 nitrogen and oxygen atoms in total. The van der Waals surface area contributed by atoms with Crippen LogP contribution in [0, 0.1) is 0 Å². The number of aromatic hydroxyl groups is 1. The lowest BCUT2D eigenvalue weighted by atomic mass is 10.3. The maximum Gasteiger partial charge on any atom is 0.119 e. The minimum atomic E-state index is 0.257. The molecule has 0 bridgehead atoms. The van der Waals surface area contributed by atoms with E-state index in [9.17, 15) is 5.11 Å². The zero-order valence-corrected chi connectivity index (χ0v) is 11.3. The summed E-state index contributed by atoms with van der Waals surface area (Å²) in [6.45, 7) is 0.577. The number of para-hydroxylation sites is 1. The summed E-state index contributed by atoms with van der Waals surface area (Å²) in [7, 11) is 1.95. The largest absolute Gasteiger partial charge is 0.508 e. The van der Waals surface area contributed by atoms with E-state index in [1.165, 1.54) is 0 Å². The van der Waals surface area contributed by atoms with Crippen molar-refractivity contribution in [3.05, 3.63) is 54.4 Å². The van der Waals surface area contributed by atoms with Crippen LogP contribution < -0.4 is 4.74 Å². The molecule has 0 fully saturated rings. The number of imidazole rings is 1. The molecule has 3 rings (SSSR count). The van der Waals surface area contributed by atoms with Crippen molar-refractivity contribution in [1.82, 2.24) is 9.55 Å². The Morgan fingerprint density at radius 1 is 1.15 bits per heavy atom. The highest BCUT2D eigenvalue weighted by Crippen LogP contribution is 2.20. The van der Waals surface area contributed by atoms with Crippen LogP contribution >= 0.6 is 0 Å². The Balaban J connectivity index is 1.73. The van der Waals surface area contributed by atoms with Crippen LogP contribution in [0.4, 0.5) is 0 Å². The van der Waals surface area contributed by atoms with Crippen LogP contribution in [0.5, 0.6) is 11.5 Å². The molecule has 102 valence electrons. The minimum Gasteiger partial charge on any atom is -0.508 e. The molecule has 20 heavy (non-hydrogen) atoms. The lowest BCUT2D eigenvalue weighted by molar-refractivity contribution is 0.318. The quantitative estimate of drug-likeness (QED) is 0.791. The van der Waals surface area contributed by atoms with Crippen molar-refractivity contribution in [3.8, 4) is 11.5 Å². The van der Waals surface area contributed by atoms with E-state index in [0.29, 0.717) is 6.61 Å². The Bertz CT molecular complexity index is 720. The van der Waals surface area contributed by atoms with Gasteiger partial charge in [-0.3, -0.25) is 0 Å². The van der Waals surface area contributed by atoms with Gasteiger partial charge in [0.05, 0.1) is 17.6 Å². The third-order valence-corrected chi connectivity index (χ3v) is 3.29. The highest BCUT2D eigenvalue weighted by Gasteiger charge is 2.08. The standard InChI is InChI=1S/C16H16N2O2/c1-18-15-11-12(19)7-8-14(15)17-16(18)9-10-20-13-5-3-2-4-6-13/h2-8,11,19H,9-10H2,1H3. The zero-order chi connectivity index (χ0) is 13.9. The van der Waals surface area contributed by atoms with Crippen molar-refractivity contribution in [1.29, 1.82) is 0 Å². The summed E-state index contributed by atoms with van der Waals surface area (Å²) in [5.41, 5.74) is 1.82. The number of hydrogen-bond donors (Lipinski definition) is 1. The minimum absolute atomic E-state index is 0.257. The number of hydrogen-bond acceptors (Lipinski definition) is 3. The molecule has 0 radical (unpaired) electrons. The van der Waals surface area contributed by atoms with Crippen molar-refractivity contribution < 1.29 is 9.84 Å². The number of benzene rings is 2. The number of aryl methyl sites for hydroxylation is 1. The summed E-state index contributed by atoms with van der Waals surface area (Å²) < 4.78 is 7.67. The summed E-state index contributed by atoms with van der Waals surface area (Å²) in [4.78, 5) is 4.56. The van der Waals surface area contributed by atoms with Gasteiger partial charge in [-0.1, -0.05) is 18.2 Å². The highest BCUT2D eigenvalue weighted by molar-refractivity contribution is 5.77. The van der Waals surface area contributed by atoms with Crippen molar-refractivity contribution in [2.45, 2.75) is 6.42 Å². The van der Waals surface area contributed by atoms with Gasteiger partial charge >= 0.3 is 0 Å². The van der Waals surface area contributed by atoms with Gasteiger partial charge in [0.2, 0.25) is 0 Å². The van der Waals surface area contributed by atoms with E-state index >= 15 is 0 Å². The first-order valence-electron chi connectivity index (χ1n) is 6.56. The Labute approximate surface area is 117 Å². The molecule has 0 spiro atoms. The number of phenolic OH excluding ortho intramolecular Hbond substituents is 1. The second-order valence-corrected chi connectivity index (χ2v) is 4.67. The third-order valence-electron chi connectivity index (χ3n) is 3.29. The third kappa shape index (κ3) is 2.45. The molecule has 1 aromatic heterocycles. The van der Waals surface area contributed by atoms with E-state index in [1.807, 2.05) is 48.0 Å². The summed E-state index contributed by atoms with van der Waals surface area (Å²) in [6.07, 6.45) is 0.723. The lowest BCUT2D eigenvalue weighted by Crippen LogP contribution is -2.06. The number of nitrogens with zero attached hydrogens (tertiary/aromatic N) is 2. The number of ether oxygens (including phenoxy) is 1. The lowest BCUT2D eigenvalue weighted by Gasteiger charge is -2.06. The fourth-order valence-corrected chi connectivity index (χ4v) is 2.23. The number of rotatable bonds is 4. The van der Waals surface area contributed by atoms with Gasteiger partial charge in [-0.2, -0.15) is 0 Å². The predicted octanol–water partition coefficient (Wildman–Crippen LogP) is 2.90. The van der Waals surface area contributed by atoms with E-state index < -0.39 is 0 Å². The van der Waals surface area contributed by atoms with E-state index in [1.54, 1.807) is 12.1 Å². The average Bonchev–Trinajstić information content (AvgIpc) is 2.77. The van der Waals surface area contributed by atoms with Crippen molar-refractivity contribution in [2.75, 3.05) is 6.61 Å². The molecule has 0 atom stereocenters. The summed E-state index contributed by atoms with van der Waals surface area (Å²) >= 11 is 0. The van der Waals surface area contributed by atoms with Gasteiger partial charge in [-0.05, 0) is 24.3 Å². The Hall–Kier alpha value is -2.49. The molecule has 0 saturated carbocycles. The fourth-order valence-electron chi connectivity index (χ4n) is 2.23. The van der Waals surface area contributed by atoms with Gasteiger partial charge in [0.1, 0.15) is 17.3 Å². The first-order chi connectivity index (χ1) is 9.74. The Morgan fingerprint density at radius 3 is 2.75 bits per heavy atom. The summed E-state index contributed by atoms with van der Waals surface area (Å²) in [5.74, 6) is 2.07. The Morgan fingerprint density at radius 2 is 1.95 bits per heavy atom. The van der Waals surface area contributed by atoms with Crippen molar-refractivity contribution in [3.63, 3.8) is 0 Å². The van der Waals surface area contributed by atoms with Crippen molar-refractivity contribution in [2.24, 2.45) is 7.05 Å². The summed E-state index contributed by atoms with van der Waals surface area (Å²) in [5, 5.41) is 9.52. The fraction of sp³-hybridized carbons (Fsp3) is 0.188. The highest BCUT2D eigenvalue weighted by atomic mass is 16.5. The predicted molar refractivity (Wildman–Crippen MR) is 78.0 cm³/mol. The van der Waals surface area contributed by atoms with Crippen LogP contribution in [0.2, 0.25) is 0 Å². The SMILES string of the molecule is Cn1c(CCOc2ccccc2)nc2ccc(O)cc21. The van der Waals surface area contributed by atoms with E-state index in [4.69, 9.17) is 4.74 Å². The molecule has 0 unspecified atom stereocenters. The molecule has 0 aliphatic carbocycles. The molecule has 1 N–H and O–H groups in total. The second kappa shape index (κ2) is 5.25. The van der Waals surface area contributed by atoms with Crippen LogP contribution in [-0.4, -0.2) is 21.3 Å². The van der Waals surface area contributed by atoms with Gasteiger partial charge in [-0.25, -0.2) is 4.98 Å². The smallest absolute Gasteiger partial charge is 0.119 e. The number of fused-ring (bicyclic) bond motifs is 1. The maximum absolute atomic E-state index is 9.52. The average molecular weight is 268 g/mol. The first kappa shape index (κ1) is 12.5. The number of phenols is 1. The topological polar surface area (TPSA) is 47.3 Å². The van der Waals surface area contributed by atoms with Gasteiger partial charge in [0, 0.05) is 19.5 Å². The molecule has 3 aromatic rings. The van der Waals surface area contributed by atoms with E-state index in [2.05, 4.69) is 4.98 Å². The first-order valence-corrected chi connectivity index (χ1v) is 6.56. The maximum atomic E-state index is 9.52. The molecular weight excluding hydrogens is 252 g/mol. The molecule has 2 aromatic carbocycles. The second-order valence-electron chi connectivity index (χ2n) is 4.67. The summed E-state index contributed by atoms with van der Waals surface area (Å²) in [6, 6.07) is 14.9. The zero-order valence-electron chi connectivity index (χ0n) is 11.3. The van der Waals surface area contributed by atoms with Crippen LogP contribution in [0.25, 0.3) is 11.0 Å². The van der Waals surface area contributed by atoms with Crippen LogP contribution in [0.3, 0.4) is 0 Å². The van der Waals surface area contributed by atoms with Gasteiger partial charge in [0.15, 0.2) is 0 Å². The molecule has 1 heterocycles. The number of aromatic nitrogens is 2.